The highest BCUT2D eigenvalue weighted by Crippen LogP contribution is 2.28. The fraction of sp³-hybridized carbons (Fsp3) is 0.900. The standard InChI is InChI=1S/C10H17NO3/c1-10(2,3)14-9(12)11-5-7-4-8(6-11)13-7/h7-8H,4-6H2,1-3H3. The van der Waals surface area contributed by atoms with Crippen LogP contribution < -0.4 is 0 Å². The van der Waals surface area contributed by atoms with E-state index in [0.717, 1.165) is 6.42 Å². The zero-order valence-electron chi connectivity index (χ0n) is 8.95. The van der Waals surface area contributed by atoms with Gasteiger partial charge in [-0.3, -0.25) is 0 Å². The summed E-state index contributed by atoms with van der Waals surface area (Å²) in [5.74, 6) is 0. The van der Waals surface area contributed by atoms with E-state index in [4.69, 9.17) is 9.47 Å². The second-order valence-corrected chi connectivity index (χ2v) is 5.00. The molecule has 0 aromatic rings. The summed E-state index contributed by atoms with van der Waals surface area (Å²) in [6.07, 6.45) is 1.39. The molecular formula is C10H17NO3. The molecular weight excluding hydrogens is 182 g/mol. The van der Waals surface area contributed by atoms with Crippen LogP contribution in [-0.4, -0.2) is 41.9 Å². The van der Waals surface area contributed by atoms with Crippen molar-refractivity contribution < 1.29 is 14.3 Å². The molecule has 3 saturated heterocycles. The molecule has 4 nitrogen and oxygen atoms in total. The first kappa shape index (κ1) is 9.77. The first-order chi connectivity index (χ1) is 6.44. The number of hydrogen-bond donors (Lipinski definition) is 0. The monoisotopic (exact) mass is 199 g/mol. The van der Waals surface area contributed by atoms with Gasteiger partial charge in [0, 0.05) is 6.42 Å². The average molecular weight is 199 g/mol. The lowest BCUT2D eigenvalue weighted by Crippen LogP contribution is -2.59. The Hall–Kier alpha value is -0.770. The van der Waals surface area contributed by atoms with E-state index < -0.39 is 5.60 Å². The summed E-state index contributed by atoms with van der Waals surface area (Å²) in [4.78, 5) is 13.4. The van der Waals surface area contributed by atoms with Crippen molar-refractivity contribution in [2.24, 2.45) is 0 Å². The molecule has 1 amide bonds. The van der Waals surface area contributed by atoms with Crippen molar-refractivity contribution >= 4 is 6.09 Å². The maximum atomic E-state index is 11.6. The van der Waals surface area contributed by atoms with Crippen LogP contribution in [0.1, 0.15) is 27.2 Å². The first-order valence-corrected chi connectivity index (χ1v) is 5.07. The number of nitrogens with zero attached hydrogens (tertiary/aromatic N) is 1. The largest absolute Gasteiger partial charge is 0.444 e. The summed E-state index contributed by atoms with van der Waals surface area (Å²) >= 11 is 0. The van der Waals surface area contributed by atoms with E-state index in [1.807, 2.05) is 20.8 Å². The Kier molecular flexibility index (Phi) is 2.18. The molecule has 0 aliphatic carbocycles. The molecule has 0 aromatic carbocycles. The normalized spacial score (nSPS) is 30.9. The lowest BCUT2D eigenvalue weighted by atomic mass is 9.99. The molecule has 14 heavy (non-hydrogen) atoms. The molecule has 3 fully saturated rings. The topological polar surface area (TPSA) is 38.8 Å². The molecule has 2 bridgehead atoms. The summed E-state index contributed by atoms with van der Waals surface area (Å²) in [6.45, 7) is 7.01. The number of rotatable bonds is 0. The summed E-state index contributed by atoms with van der Waals surface area (Å²) < 4.78 is 10.7. The van der Waals surface area contributed by atoms with Gasteiger partial charge in [0.05, 0.1) is 25.3 Å². The molecule has 0 radical (unpaired) electrons. The summed E-state index contributed by atoms with van der Waals surface area (Å²) in [7, 11) is 0. The van der Waals surface area contributed by atoms with Gasteiger partial charge in [-0.2, -0.15) is 0 Å². The lowest BCUT2D eigenvalue weighted by Gasteiger charge is -2.46. The Morgan fingerprint density at radius 1 is 1.36 bits per heavy atom. The van der Waals surface area contributed by atoms with E-state index in [9.17, 15) is 4.79 Å². The van der Waals surface area contributed by atoms with Crippen LogP contribution >= 0.6 is 0 Å². The van der Waals surface area contributed by atoms with Crippen molar-refractivity contribution in [1.82, 2.24) is 4.90 Å². The minimum atomic E-state index is -0.403. The van der Waals surface area contributed by atoms with Crippen molar-refractivity contribution in [3.63, 3.8) is 0 Å². The van der Waals surface area contributed by atoms with Crippen LogP contribution in [-0.2, 0) is 9.47 Å². The van der Waals surface area contributed by atoms with E-state index in [1.165, 1.54) is 0 Å². The molecule has 4 heteroatoms. The molecule has 3 heterocycles. The quantitative estimate of drug-likeness (QED) is 0.592. The van der Waals surface area contributed by atoms with Crippen molar-refractivity contribution in [1.29, 1.82) is 0 Å². The predicted molar refractivity (Wildman–Crippen MR) is 51.1 cm³/mol. The predicted octanol–water partition coefficient (Wildman–Crippen LogP) is 1.39. The van der Waals surface area contributed by atoms with E-state index in [0.29, 0.717) is 13.1 Å². The molecule has 3 aliphatic rings. The fourth-order valence-electron chi connectivity index (χ4n) is 1.83. The Balaban J connectivity index is 1.86. The average Bonchev–Trinajstić information content (AvgIpc) is 2.00. The zero-order valence-corrected chi connectivity index (χ0v) is 8.95. The van der Waals surface area contributed by atoms with Crippen LogP contribution in [0.4, 0.5) is 4.79 Å². The molecule has 3 aliphatic heterocycles. The molecule has 0 spiro atoms. The third-order valence-corrected chi connectivity index (χ3v) is 2.41. The number of morpholine rings is 1. The van der Waals surface area contributed by atoms with Gasteiger partial charge in [0.2, 0.25) is 0 Å². The van der Waals surface area contributed by atoms with Gasteiger partial charge in [-0.25, -0.2) is 4.79 Å². The van der Waals surface area contributed by atoms with Gasteiger partial charge in [0.15, 0.2) is 0 Å². The van der Waals surface area contributed by atoms with Gasteiger partial charge in [-0.1, -0.05) is 0 Å². The van der Waals surface area contributed by atoms with E-state index in [-0.39, 0.29) is 18.3 Å². The summed E-state index contributed by atoms with van der Waals surface area (Å²) in [5, 5.41) is 0. The van der Waals surface area contributed by atoms with Gasteiger partial charge in [0.1, 0.15) is 5.60 Å². The molecule has 80 valence electrons. The highest BCUT2D eigenvalue weighted by atomic mass is 16.6. The minimum absolute atomic E-state index is 0.212. The maximum Gasteiger partial charge on any atom is 0.410 e. The fourth-order valence-corrected chi connectivity index (χ4v) is 1.83. The van der Waals surface area contributed by atoms with Crippen molar-refractivity contribution in [3.05, 3.63) is 0 Å². The second-order valence-electron chi connectivity index (χ2n) is 5.00. The minimum Gasteiger partial charge on any atom is -0.444 e. The number of carbonyl (C=O) groups is 1. The number of fused-ring (bicyclic) bond motifs is 2. The number of ether oxygens (including phenoxy) is 2. The smallest absolute Gasteiger partial charge is 0.410 e. The third-order valence-electron chi connectivity index (χ3n) is 2.41. The van der Waals surface area contributed by atoms with Crippen LogP contribution in [0.25, 0.3) is 0 Å². The van der Waals surface area contributed by atoms with Gasteiger partial charge in [-0.05, 0) is 20.8 Å². The highest BCUT2D eigenvalue weighted by Gasteiger charge is 2.41. The van der Waals surface area contributed by atoms with E-state index in [2.05, 4.69) is 0 Å². The third kappa shape index (κ3) is 2.00. The molecule has 0 N–H and O–H groups in total. The zero-order chi connectivity index (χ0) is 10.3. The maximum absolute atomic E-state index is 11.6. The lowest BCUT2D eigenvalue weighted by molar-refractivity contribution is -0.176. The summed E-state index contributed by atoms with van der Waals surface area (Å²) in [5.41, 5.74) is -0.403. The Labute approximate surface area is 84.2 Å². The Morgan fingerprint density at radius 3 is 2.29 bits per heavy atom. The molecule has 2 unspecified atom stereocenters. The number of piperidine rings is 1. The molecule has 2 atom stereocenters. The molecule has 0 aromatic heterocycles. The number of amides is 1. The SMILES string of the molecule is CC(C)(C)OC(=O)N1CC2CC(C1)O2. The van der Waals surface area contributed by atoms with Crippen molar-refractivity contribution in [2.45, 2.75) is 45.0 Å². The highest BCUT2D eigenvalue weighted by molar-refractivity contribution is 5.68. The number of carbonyl (C=O) groups excluding carboxylic acids is 1. The van der Waals surface area contributed by atoms with Crippen LogP contribution in [0.15, 0.2) is 0 Å². The van der Waals surface area contributed by atoms with Crippen LogP contribution in [0.5, 0.6) is 0 Å². The van der Waals surface area contributed by atoms with Crippen molar-refractivity contribution in [3.8, 4) is 0 Å². The van der Waals surface area contributed by atoms with Crippen LogP contribution in [0, 0.1) is 0 Å². The first-order valence-electron chi connectivity index (χ1n) is 5.07. The molecule has 3 rings (SSSR count). The van der Waals surface area contributed by atoms with Gasteiger partial charge >= 0.3 is 6.09 Å². The van der Waals surface area contributed by atoms with Gasteiger partial charge < -0.3 is 14.4 Å². The summed E-state index contributed by atoms with van der Waals surface area (Å²) in [6, 6.07) is 0. The van der Waals surface area contributed by atoms with Crippen LogP contribution in [0.2, 0.25) is 0 Å². The Morgan fingerprint density at radius 2 is 1.86 bits per heavy atom. The second kappa shape index (κ2) is 3.12. The number of hydrogen-bond acceptors (Lipinski definition) is 3. The van der Waals surface area contributed by atoms with Gasteiger partial charge in [0.25, 0.3) is 0 Å². The van der Waals surface area contributed by atoms with Crippen molar-refractivity contribution in [2.75, 3.05) is 13.1 Å². The molecule has 0 saturated carbocycles. The van der Waals surface area contributed by atoms with E-state index >= 15 is 0 Å². The van der Waals surface area contributed by atoms with Gasteiger partial charge in [-0.15, -0.1) is 0 Å². The van der Waals surface area contributed by atoms with Crippen LogP contribution in [0.3, 0.4) is 0 Å². The Bertz CT molecular complexity index is 230. The van der Waals surface area contributed by atoms with E-state index in [1.54, 1.807) is 4.90 Å².